The number of thiophene rings is 2. The van der Waals surface area contributed by atoms with Gasteiger partial charge >= 0.3 is 5.97 Å². The number of Topliss-reactive ketones (excluding diaryl/α,β-unsaturated/α-hetero) is 1. The van der Waals surface area contributed by atoms with Crippen molar-refractivity contribution in [3.63, 3.8) is 0 Å². The number of rotatable bonds is 5. The van der Waals surface area contributed by atoms with Gasteiger partial charge in [0.15, 0.2) is 0 Å². The highest BCUT2D eigenvalue weighted by Gasteiger charge is 2.36. The molecule has 2 N–H and O–H groups in total. The van der Waals surface area contributed by atoms with E-state index in [0.717, 1.165) is 13.0 Å². The average molecular weight is 416 g/mol. The van der Waals surface area contributed by atoms with E-state index in [1.165, 1.54) is 27.3 Å². The van der Waals surface area contributed by atoms with Gasteiger partial charge in [0.2, 0.25) is 5.78 Å². The molecule has 1 unspecified atom stereocenters. The number of carbonyl (C=O) groups is 2. The number of esters is 1. The van der Waals surface area contributed by atoms with Crippen LogP contribution in [0.1, 0.15) is 53.5 Å². The van der Waals surface area contributed by atoms with E-state index in [1.807, 2.05) is 6.92 Å². The van der Waals surface area contributed by atoms with Crippen LogP contribution in [0.15, 0.2) is 29.0 Å². The molecule has 5 nitrogen and oxygen atoms in total. The molecule has 0 radical (unpaired) electrons. The van der Waals surface area contributed by atoms with Crippen molar-refractivity contribution in [2.45, 2.75) is 26.3 Å². The maximum Gasteiger partial charge on any atom is 0.339 e. The number of aromatic amines is 1. The summed E-state index contributed by atoms with van der Waals surface area (Å²) in [5, 5.41) is 4.24. The van der Waals surface area contributed by atoms with E-state index in [4.69, 9.17) is 4.74 Å². The summed E-state index contributed by atoms with van der Waals surface area (Å²) in [6.07, 6.45) is 0.994. The third-order valence-electron chi connectivity index (χ3n) is 5.49. The standard InChI is InChI=1S/C21H22N2O3S2/c1-12-18(21(25)26-3)13(2)22-19(12)15(24)11-23-8-6-16-14(7-10-28-16)20(23)17-5-4-9-27-17/h4-5,7,9-10,20,22H,6,8,11H2,1-3H3/p+1/t20-/m0/s1. The fraction of sp³-hybridized carbons (Fsp3) is 0.333. The smallest absolute Gasteiger partial charge is 0.339 e. The van der Waals surface area contributed by atoms with Crippen LogP contribution < -0.4 is 4.90 Å². The summed E-state index contributed by atoms with van der Waals surface area (Å²) in [6, 6.07) is 6.62. The largest absolute Gasteiger partial charge is 0.465 e. The first-order chi connectivity index (χ1) is 13.5. The molecular formula is C21H23N2O3S2+. The molecule has 0 saturated heterocycles. The number of hydrogen-bond acceptors (Lipinski definition) is 5. The van der Waals surface area contributed by atoms with E-state index in [-0.39, 0.29) is 11.8 Å². The molecule has 0 aromatic carbocycles. The number of H-pyrrole nitrogens is 1. The minimum Gasteiger partial charge on any atom is -0.465 e. The Hall–Kier alpha value is -2.22. The average Bonchev–Trinajstić information content (AvgIpc) is 3.41. The van der Waals surface area contributed by atoms with Gasteiger partial charge < -0.3 is 14.6 Å². The maximum absolute atomic E-state index is 13.2. The molecule has 1 aliphatic heterocycles. The van der Waals surface area contributed by atoms with Crippen molar-refractivity contribution in [3.8, 4) is 0 Å². The zero-order chi connectivity index (χ0) is 19.8. The van der Waals surface area contributed by atoms with Gasteiger partial charge in [-0.15, -0.1) is 22.7 Å². The molecule has 3 aromatic rings. The number of carbonyl (C=O) groups excluding carboxylic acids is 2. The van der Waals surface area contributed by atoms with Crippen LogP contribution in [-0.2, 0) is 11.2 Å². The van der Waals surface area contributed by atoms with E-state index >= 15 is 0 Å². The molecule has 146 valence electrons. The Morgan fingerprint density at radius 1 is 1.25 bits per heavy atom. The number of aryl methyl sites for hydroxylation is 1. The first-order valence-corrected chi connectivity index (χ1v) is 11.0. The third-order valence-corrected chi connectivity index (χ3v) is 7.43. The predicted molar refractivity (Wildman–Crippen MR) is 111 cm³/mol. The van der Waals surface area contributed by atoms with E-state index in [1.54, 1.807) is 29.6 Å². The molecule has 0 saturated carbocycles. The van der Waals surface area contributed by atoms with Crippen LogP contribution in [0.4, 0.5) is 0 Å². The Labute approximate surface area is 172 Å². The molecule has 0 aliphatic carbocycles. The van der Waals surface area contributed by atoms with Crippen molar-refractivity contribution in [3.05, 3.63) is 66.8 Å². The Morgan fingerprint density at radius 3 is 2.79 bits per heavy atom. The molecule has 0 amide bonds. The first kappa shape index (κ1) is 19.1. The normalized spacial score (nSPS) is 18.7. The van der Waals surface area contributed by atoms with E-state index in [9.17, 15) is 9.59 Å². The molecule has 0 bridgehead atoms. The summed E-state index contributed by atoms with van der Waals surface area (Å²) < 4.78 is 4.86. The number of ether oxygens (including phenoxy) is 1. The summed E-state index contributed by atoms with van der Waals surface area (Å²) in [6.45, 7) is 4.92. The van der Waals surface area contributed by atoms with Gasteiger partial charge in [-0.2, -0.15) is 0 Å². The molecule has 28 heavy (non-hydrogen) atoms. The molecule has 7 heteroatoms. The van der Waals surface area contributed by atoms with Gasteiger partial charge in [-0.1, -0.05) is 6.07 Å². The maximum atomic E-state index is 13.2. The van der Waals surface area contributed by atoms with Crippen molar-refractivity contribution in [1.29, 1.82) is 0 Å². The second kappa shape index (κ2) is 7.66. The van der Waals surface area contributed by atoms with Crippen molar-refractivity contribution in [2.75, 3.05) is 20.2 Å². The lowest BCUT2D eigenvalue weighted by atomic mass is 9.97. The lowest BCUT2D eigenvalue weighted by Crippen LogP contribution is -3.14. The highest BCUT2D eigenvalue weighted by atomic mass is 32.1. The van der Waals surface area contributed by atoms with Gasteiger partial charge in [-0.25, -0.2) is 4.79 Å². The summed E-state index contributed by atoms with van der Waals surface area (Å²) in [5.74, 6) is -0.374. The minimum atomic E-state index is -0.407. The zero-order valence-corrected chi connectivity index (χ0v) is 17.8. The van der Waals surface area contributed by atoms with Crippen LogP contribution in [-0.4, -0.2) is 36.9 Å². The molecule has 4 rings (SSSR count). The SMILES string of the molecule is COC(=O)c1c(C)[nH]c(C(=O)C[NH+]2CCc3sccc3[C@H]2c2cccs2)c1C. The summed E-state index contributed by atoms with van der Waals surface area (Å²) in [5.41, 5.74) is 3.68. The second-order valence-corrected chi connectivity index (χ2v) is 9.10. The molecule has 4 heterocycles. The van der Waals surface area contributed by atoms with Gasteiger partial charge in [-0.05, 0) is 42.3 Å². The molecule has 0 fully saturated rings. The van der Waals surface area contributed by atoms with Crippen molar-refractivity contribution < 1.29 is 19.2 Å². The van der Waals surface area contributed by atoms with Gasteiger partial charge in [0.25, 0.3) is 0 Å². The summed E-state index contributed by atoms with van der Waals surface area (Å²) in [7, 11) is 1.36. The molecule has 0 spiro atoms. The van der Waals surface area contributed by atoms with Crippen LogP contribution in [0.2, 0.25) is 0 Å². The summed E-state index contributed by atoms with van der Waals surface area (Å²) in [4.78, 5) is 32.3. The van der Waals surface area contributed by atoms with Crippen LogP contribution in [0.3, 0.4) is 0 Å². The van der Waals surface area contributed by atoms with Gasteiger partial charge in [0.05, 0.1) is 29.8 Å². The van der Waals surface area contributed by atoms with Crippen molar-refractivity contribution >= 4 is 34.4 Å². The van der Waals surface area contributed by atoms with E-state index in [0.29, 0.717) is 29.1 Å². The number of aromatic nitrogens is 1. The highest BCUT2D eigenvalue weighted by Crippen LogP contribution is 2.31. The zero-order valence-electron chi connectivity index (χ0n) is 16.1. The van der Waals surface area contributed by atoms with Gasteiger partial charge in [0, 0.05) is 22.6 Å². The topological polar surface area (TPSA) is 63.6 Å². The second-order valence-electron chi connectivity index (χ2n) is 7.12. The lowest BCUT2D eigenvalue weighted by molar-refractivity contribution is -0.919. The monoisotopic (exact) mass is 415 g/mol. The Kier molecular flexibility index (Phi) is 5.23. The molecular weight excluding hydrogens is 392 g/mol. The van der Waals surface area contributed by atoms with Gasteiger partial charge in [-0.3, -0.25) is 4.79 Å². The van der Waals surface area contributed by atoms with Crippen LogP contribution in [0, 0.1) is 13.8 Å². The number of fused-ring (bicyclic) bond motifs is 1. The fourth-order valence-corrected chi connectivity index (χ4v) is 6.00. The van der Waals surface area contributed by atoms with Crippen molar-refractivity contribution in [2.24, 2.45) is 0 Å². The number of quaternary nitrogens is 1. The first-order valence-electron chi connectivity index (χ1n) is 9.26. The molecule has 3 aromatic heterocycles. The van der Waals surface area contributed by atoms with Crippen LogP contribution >= 0.6 is 22.7 Å². The number of ketones is 1. The Bertz CT molecular complexity index is 1020. The molecule has 1 aliphatic rings. The predicted octanol–water partition coefficient (Wildman–Crippen LogP) is 2.95. The number of hydrogen-bond donors (Lipinski definition) is 2. The van der Waals surface area contributed by atoms with E-state index in [2.05, 4.69) is 33.9 Å². The summed E-state index contributed by atoms with van der Waals surface area (Å²) >= 11 is 3.55. The van der Waals surface area contributed by atoms with Crippen molar-refractivity contribution in [1.82, 2.24) is 4.98 Å². The Balaban J connectivity index is 1.64. The number of methoxy groups -OCH3 is 1. The minimum absolute atomic E-state index is 0.0333. The van der Waals surface area contributed by atoms with E-state index < -0.39 is 5.97 Å². The lowest BCUT2D eigenvalue weighted by Gasteiger charge is -2.31. The van der Waals surface area contributed by atoms with Gasteiger partial charge in [0.1, 0.15) is 12.6 Å². The number of nitrogens with one attached hydrogen (secondary N) is 2. The Morgan fingerprint density at radius 2 is 2.07 bits per heavy atom. The van der Waals surface area contributed by atoms with Crippen LogP contribution in [0.25, 0.3) is 0 Å². The third kappa shape index (κ3) is 3.23. The quantitative estimate of drug-likeness (QED) is 0.497. The molecule has 2 atom stereocenters. The van der Waals surface area contributed by atoms with Crippen LogP contribution in [0.5, 0.6) is 0 Å². The highest BCUT2D eigenvalue weighted by molar-refractivity contribution is 7.10. The fourth-order valence-electron chi connectivity index (χ4n) is 4.18.